The van der Waals surface area contributed by atoms with Crippen LogP contribution in [-0.2, 0) is 10.9 Å². The van der Waals surface area contributed by atoms with Crippen molar-refractivity contribution >= 4 is 52.3 Å². The Balaban J connectivity index is 0.000000550. The molecule has 0 aliphatic carbocycles. The van der Waals surface area contributed by atoms with Gasteiger partial charge in [-0.3, -0.25) is 9.98 Å². The van der Waals surface area contributed by atoms with E-state index in [9.17, 15) is 0 Å². The van der Waals surface area contributed by atoms with Crippen LogP contribution in [0.1, 0.15) is 0 Å². The summed E-state index contributed by atoms with van der Waals surface area (Å²) < 4.78 is 0. The molecule has 0 spiro atoms. The van der Waals surface area contributed by atoms with E-state index in [0.29, 0.717) is 0 Å². The van der Waals surface area contributed by atoms with Crippen LogP contribution in [0.5, 0.6) is 0 Å². The molecule has 0 fully saturated rings. The maximum absolute atomic E-state index is 4.25. The van der Waals surface area contributed by atoms with Gasteiger partial charge in [0.05, 0.1) is 11.4 Å². The van der Waals surface area contributed by atoms with Crippen molar-refractivity contribution in [2.24, 2.45) is 9.98 Å². The van der Waals surface area contributed by atoms with Gasteiger partial charge in [0.1, 0.15) is 0 Å². The Morgan fingerprint density at radius 3 is 1.32 bits per heavy atom. The van der Waals surface area contributed by atoms with E-state index in [1.165, 1.54) is 10.9 Å². The molecular weight excluding hydrogens is 415 g/mol. The van der Waals surface area contributed by atoms with E-state index in [0.717, 1.165) is 11.4 Å². The summed E-state index contributed by atoms with van der Waals surface area (Å²) in [5, 5.41) is 0. The number of nitrogens with zero attached hydrogens (tertiary/aromatic N) is 2. The molecule has 0 aromatic heterocycles. The molecule has 0 unspecified atom stereocenters. The molecule has 0 amide bonds. The second-order valence-electron chi connectivity index (χ2n) is 3.27. The van der Waals surface area contributed by atoms with Crippen molar-refractivity contribution in [3.8, 4) is 0 Å². The van der Waals surface area contributed by atoms with Crippen LogP contribution >= 0.6 is 28.5 Å². The standard InChI is InChI=1S/C14H12N2.2BrH.Ni/c1-3-7-13(8-4-1)15-11-12-16-14-9-5-2-6-10-14;;;/h1-12H;2*1H;/q;;;+2/p-2. The van der Waals surface area contributed by atoms with Gasteiger partial charge in [-0.15, -0.1) is 0 Å². The molecule has 0 bridgehead atoms. The number of rotatable bonds is 3. The molecule has 102 valence electrons. The topological polar surface area (TPSA) is 24.7 Å². The first-order valence-corrected chi connectivity index (χ1v) is 10.2. The van der Waals surface area contributed by atoms with Crippen LogP contribution in [0, 0.1) is 0 Å². The molecular formula is C14H12Br2N2Ni. The third-order valence-electron chi connectivity index (χ3n) is 2.03. The van der Waals surface area contributed by atoms with Gasteiger partial charge in [0.15, 0.2) is 0 Å². The van der Waals surface area contributed by atoms with Gasteiger partial charge in [-0.1, -0.05) is 36.4 Å². The molecule has 2 rings (SSSR count). The minimum atomic E-state index is 0.932. The van der Waals surface area contributed by atoms with Crippen LogP contribution in [0.3, 0.4) is 0 Å². The summed E-state index contributed by atoms with van der Waals surface area (Å²) in [6, 6.07) is 19.6. The SMILES string of the molecule is C(C=Nc1ccccc1)=Nc1ccccc1.[Br][Ni][Br]. The molecule has 2 aromatic rings. The molecule has 0 aliphatic rings. The van der Waals surface area contributed by atoms with Gasteiger partial charge in [0, 0.05) is 12.4 Å². The van der Waals surface area contributed by atoms with Crippen LogP contribution in [0.4, 0.5) is 11.4 Å². The number of aliphatic imine (C=N–C) groups is 2. The van der Waals surface area contributed by atoms with E-state index in [1.807, 2.05) is 60.7 Å². The molecule has 0 saturated heterocycles. The van der Waals surface area contributed by atoms with Crippen LogP contribution in [-0.4, -0.2) is 12.4 Å². The van der Waals surface area contributed by atoms with Crippen LogP contribution in [0.25, 0.3) is 0 Å². The Morgan fingerprint density at radius 1 is 0.684 bits per heavy atom. The number of para-hydroxylation sites is 2. The third-order valence-corrected chi connectivity index (χ3v) is 2.03. The second-order valence-corrected chi connectivity index (χ2v) is 8.26. The normalized spacial score (nSPS) is 10.6. The van der Waals surface area contributed by atoms with Gasteiger partial charge < -0.3 is 0 Å². The summed E-state index contributed by atoms with van der Waals surface area (Å²) in [4.78, 5) is 8.49. The van der Waals surface area contributed by atoms with Gasteiger partial charge in [-0.05, 0) is 24.3 Å². The van der Waals surface area contributed by atoms with E-state index in [1.54, 1.807) is 12.4 Å². The molecule has 0 atom stereocenters. The molecule has 2 nitrogen and oxygen atoms in total. The summed E-state index contributed by atoms with van der Waals surface area (Å²) in [5.74, 6) is 0. The first kappa shape index (κ1) is 16.3. The van der Waals surface area contributed by atoms with E-state index in [-0.39, 0.29) is 0 Å². The van der Waals surface area contributed by atoms with Crippen molar-refractivity contribution in [1.82, 2.24) is 0 Å². The predicted octanol–water partition coefficient (Wildman–Crippen LogP) is 5.48. The van der Waals surface area contributed by atoms with Gasteiger partial charge in [-0.25, -0.2) is 0 Å². The molecule has 0 N–H and O–H groups in total. The van der Waals surface area contributed by atoms with Gasteiger partial charge in [-0.2, -0.15) is 0 Å². The van der Waals surface area contributed by atoms with Crippen molar-refractivity contribution in [3.63, 3.8) is 0 Å². The molecule has 5 heteroatoms. The van der Waals surface area contributed by atoms with Crippen LogP contribution < -0.4 is 0 Å². The Morgan fingerprint density at radius 2 is 1.00 bits per heavy atom. The van der Waals surface area contributed by atoms with Gasteiger partial charge in [0.25, 0.3) is 0 Å². The summed E-state index contributed by atoms with van der Waals surface area (Å²) in [7, 11) is 1.25. The first-order valence-electron chi connectivity index (χ1n) is 5.36. The Labute approximate surface area is 133 Å². The average molecular weight is 427 g/mol. The van der Waals surface area contributed by atoms with Crippen molar-refractivity contribution in [2.75, 3.05) is 0 Å². The summed E-state index contributed by atoms with van der Waals surface area (Å²) in [5.41, 5.74) is 1.86. The summed E-state index contributed by atoms with van der Waals surface area (Å²) in [6.07, 6.45) is 3.39. The number of hydrogen-bond acceptors (Lipinski definition) is 2. The van der Waals surface area contributed by atoms with Gasteiger partial charge >= 0.3 is 39.3 Å². The molecule has 0 saturated carbocycles. The average Bonchev–Trinajstić information content (AvgIpc) is 2.47. The second kappa shape index (κ2) is 11.1. The molecule has 2 aromatic carbocycles. The van der Waals surface area contributed by atoms with E-state index < -0.39 is 0 Å². The fourth-order valence-corrected chi connectivity index (χ4v) is 1.27. The maximum atomic E-state index is 4.25. The van der Waals surface area contributed by atoms with E-state index in [2.05, 4.69) is 38.4 Å². The molecule has 0 radical (unpaired) electrons. The van der Waals surface area contributed by atoms with Crippen molar-refractivity contribution < 1.29 is 10.9 Å². The Kier molecular flexibility index (Phi) is 9.51. The molecule has 19 heavy (non-hydrogen) atoms. The number of hydrogen-bond donors (Lipinski definition) is 0. The Hall–Kier alpha value is -0.766. The number of benzene rings is 2. The zero-order valence-electron chi connectivity index (χ0n) is 9.89. The Bertz CT molecular complexity index is 454. The third kappa shape index (κ3) is 8.09. The zero-order valence-corrected chi connectivity index (χ0v) is 14.1. The summed E-state index contributed by atoms with van der Waals surface area (Å²) >= 11 is 6.00. The fraction of sp³-hybridized carbons (Fsp3) is 0. The van der Waals surface area contributed by atoms with Crippen molar-refractivity contribution in [1.29, 1.82) is 0 Å². The van der Waals surface area contributed by atoms with Crippen LogP contribution in [0.2, 0.25) is 0 Å². The predicted molar refractivity (Wildman–Crippen MR) is 87.0 cm³/mol. The summed E-state index contributed by atoms with van der Waals surface area (Å²) in [6.45, 7) is 0. The molecule has 0 aliphatic heterocycles. The quantitative estimate of drug-likeness (QED) is 0.458. The monoisotopic (exact) mass is 424 g/mol. The first-order chi connectivity index (χ1) is 9.36. The molecule has 0 heterocycles. The van der Waals surface area contributed by atoms with Crippen molar-refractivity contribution in [2.45, 2.75) is 0 Å². The van der Waals surface area contributed by atoms with Crippen LogP contribution in [0.15, 0.2) is 70.6 Å². The van der Waals surface area contributed by atoms with E-state index in [4.69, 9.17) is 0 Å². The van der Waals surface area contributed by atoms with Crippen molar-refractivity contribution in [3.05, 3.63) is 60.7 Å². The minimum absolute atomic E-state index is 0.932. The number of halogens is 2. The zero-order chi connectivity index (χ0) is 13.8. The van der Waals surface area contributed by atoms with Gasteiger partial charge in [0.2, 0.25) is 0 Å². The fourth-order valence-electron chi connectivity index (χ4n) is 1.27. The van der Waals surface area contributed by atoms with E-state index >= 15 is 0 Å².